The predicted octanol–water partition coefficient (Wildman–Crippen LogP) is 5.84. The molecule has 3 N–H and O–H groups in total. The minimum atomic E-state index is -0.240. The molecular weight excluding hydrogens is 400 g/mol. The second kappa shape index (κ2) is 8.20. The number of benzene rings is 1. The van der Waals surface area contributed by atoms with Gasteiger partial charge in [0.1, 0.15) is 17.2 Å². The Morgan fingerprint density at radius 1 is 1.24 bits per heavy atom. The smallest absolute Gasteiger partial charge is 0.137 e. The molecule has 0 radical (unpaired) electrons. The second-order valence-corrected chi connectivity index (χ2v) is 9.97. The Balaban J connectivity index is 1.79. The molecule has 6 nitrogen and oxygen atoms in total. The molecule has 150 valence electrons. The van der Waals surface area contributed by atoms with Crippen LogP contribution in [0.3, 0.4) is 0 Å². The van der Waals surface area contributed by atoms with Crippen molar-refractivity contribution in [1.82, 2.24) is 15.0 Å². The second-order valence-electron chi connectivity index (χ2n) is 7.48. The van der Waals surface area contributed by atoms with Crippen LogP contribution in [-0.4, -0.2) is 31.1 Å². The van der Waals surface area contributed by atoms with E-state index in [1.807, 2.05) is 13.1 Å². The standard InChI is InChI=1S/C21H24N6S2/c1-11-9-24-21(28-11)15-7-16(14-5-4-6-14)18-17(8-15)20(26-10-25-18)27-12(2)19(23)29-13(3)22/h7-10,12,14,22-23H,4-6H2,1-3H3,(H,25,26,27). The fraction of sp³-hybridized carbons (Fsp3) is 0.381. The molecule has 2 heterocycles. The Hall–Kier alpha value is -2.32. The lowest BCUT2D eigenvalue weighted by atomic mass is 9.78. The van der Waals surface area contributed by atoms with E-state index in [1.165, 1.54) is 29.7 Å². The van der Waals surface area contributed by atoms with Gasteiger partial charge in [-0.25, -0.2) is 15.0 Å². The quantitative estimate of drug-likeness (QED) is 0.353. The topological polar surface area (TPSA) is 98.4 Å². The van der Waals surface area contributed by atoms with E-state index >= 15 is 0 Å². The van der Waals surface area contributed by atoms with Gasteiger partial charge in [-0.1, -0.05) is 18.2 Å². The maximum absolute atomic E-state index is 8.22. The molecule has 29 heavy (non-hydrogen) atoms. The highest BCUT2D eigenvalue weighted by atomic mass is 32.2. The van der Waals surface area contributed by atoms with E-state index in [-0.39, 0.29) is 6.04 Å². The Morgan fingerprint density at radius 2 is 2.03 bits per heavy atom. The van der Waals surface area contributed by atoms with Gasteiger partial charge in [0.15, 0.2) is 0 Å². The van der Waals surface area contributed by atoms with E-state index in [4.69, 9.17) is 10.8 Å². The Morgan fingerprint density at radius 3 is 2.66 bits per heavy atom. The van der Waals surface area contributed by atoms with Crippen molar-refractivity contribution in [3.05, 3.63) is 35.1 Å². The van der Waals surface area contributed by atoms with Crippen LogP contribution in [0.2, 0.25) is 0 Å². The first-order valence-electron chi connectivity index (χ1n) is 9.72. The molecule has 0 bridgehead atoms. The molecule has 4 rings (SSSR count). The summed E-state index contributed by atoms with van der Waals surface area (Å²) in [6.07, 6.45) is 7.16. The van der Waals surface area contributed by atoms with Gasteiger partial charge in [-0.3, -0.25) is 10.8 Å². The molecule has 0 saturated heterocycles. The Bertz CT molecular complexity index is 1090. The lowest BCUT2D eigenvalue weighted by Gasteiger charge is -2.27. The number of aryl methyl sites for hydroxylation is 1. The third-order valence-electron chi connectivity index (χ3n) is 5.19. The number of rotatable bonds is 5. The number of hydrogen-bond acceptors (Lipinski definition) is 8. The third-order valence-corrected chi connectivity index (χ3v) is 7.03. The molecule has 8 heteroatoms. The van der Waals surface area contributed by atoms with E-state index in [0.29, 0.717) is 16.0 Å². The molecule has 2 aromatic heterocycles. The van der Waals surface area contributed by atoms with Crippen molar-refractivity contribution in [3.63, 3.8) is 0 Å². The summed E-state index contributed by atoms with van der Waals surface area (Å²) in [4.78, 5) is 14.9. The lowest BCUT2D eigenvalue weighted by molar-refractivity contribution is 0.422. The summed E-state index contributed by atoms with van der Waals surface area (Å²) < 4.78 is 0. The maximum atomic E-state index is 8.22. The van der Waals surface area contributed by atoms with Crippen molar-refractivity contribution in [2.24, 2.45) is 0 Å². The van der Waals surface area contributed by atoms with Crippen LogP contribution in [-0.2, 0) is 0 Å². The van der Waals surface area contributed by atoms with E-state index in [0.717, 1.165) is 39.1 Å². The van der Waals surface area contributed by atoms with Crippen molar-refractivity contribution in [1.29, 1.82) is 10.8 Å². The van der Waals surface area contributed by atoms with Gasteiger partial charge < -0.3 is 5.32 Å². The number of thioether (sulfide) groups is 1. The van der Waals surface area contributed by atoms with Crippen LogP contribution in [0.5, 0.6) is 0 Å². The zero-order valence-electron chi connectivity index (χ0n) is 16.7. The molecular formula is C21H24N6S2. The molecule has 1 aliphatic carbocycles. The Labute approximate surface area is 178 Å². The van der Waals surface area contributed by atoms with Crippen LogP contribution >= 0.6 is 23.1 Å². The van der Waals surface area contributed by atoms with E-state index < -0.39 is 0 Å². The van der Waals surface area contributed by atoms with Crippen molar-refractivity contribution in [3.8, 4) is 10.6 Å². The highest BCUT2D eigenvalue weighted by Crippen LogP contribution is 2.42. The first kappa shape index (κ1) is 20.0. The molecule has 0 amide bonds. The monoisotopic (exact) mass is 424 g/mol. The van der Waals surface area contributed by atoms with Crippen LogP contribution < -0.4 is 5.32 Å². The normalized spacial score (nSPS) is 15.1. The highest BCUT2D eigenvalue weighted by Gasteiger charge is 2.25. The van der Waals surface area contributed by atoms with Crippen LogP contribution in [0.15, 0.2) is 24.7 Å². The molecule has 1 aliphatic rings. The first-order chi connectivity index (χ1) is 13.9. The van der Waals surface area contributed by atoms with Crippen LogP contribution in [0, 0.1) is 17.7 Å². The number of anilines is 1. The molecule has 1 aromatic carbocycles. The summed E-state index contributed by atoms with van der Waals surface area (Å²) in [5, 5.41) is 22.0. The maximum Gasteiger partial charge on any atom is 0.137 e. The molecule has 1 fully saturated rings. The van der Waals surface area contributed by atoms with Crippen molar-refractivity contribution >= 4 is 49.9 Å². The summed E-state index contributed by atoms with van der Waals surface area (Å²) >= 11 is 2.86. The van der Waals surface area contributed by atoms with Gasteiger partial charge in [-0.05, 0) is 57.2 Å². The van der Waals surface area contributed by atoms with E-state index in [2.05, 4.69) is 39.3 Å². The molecule has 1 atom stereocenters. The van der Waals surface area contributed by atoms with Crippen LogP contribution in [0.25, 0.3) is 21.5 Å². The van der Waals surface area contributed by atoms with Gasteiger partial charge >= 0.3 is 0 Å². The molecule has 0 aliphatic heterocycles. The van der Waals surface area contributed by atoms with Crippen LogP contribution in [0.4, 0.5) is 5.82 Å². The SMILES string of the molecule is CC(=N)SC(=N)C(C)Nc1ncnc2c(C3CCC3)cc(-c3ncc(C)s3)cc12. The number of nitrogens with zero attached hydrogens (tertiary/aromatic N) is 3. The number of aromatic nitrogens is 3. The summed E-state index contributed by atoms with van der Waals surface area (Å²) in [6, 6.07) is 4.13. The van der Waals surface area contributed by atoms with E-state index in [9.17, 15) is 0 Å². The summed E-state index contributed by atoms with van der Waals surface area (Å²) in [6.45, 7) is 5.69. The molecule has 0 spiro atoms. The van der Waals surface area contributed by atoms with Gasteiger partial charge in [0, 0.05) is 22.0 Å². The highest BCUT2D eigenvalue weighted by molar-refractivity contribution is 8.26. The number of fused-ring (bicyclic) bond motifs is 1. The Kier molecular flexibility index (Phi) is 5.65. The molecule has 1 unspecified atom stereocenters. The number of nitrogens with one attached hydrogen (secondary N) is 3. The van der Waals surface area contributed by atoms with Gasteiger partial charge in [-0.15, -0.1) is 11.3 Å². The lowest BCUT2D eigenvalue weighted by Crippen LogP contribution is -2.24. The van der Waals surface area contributed by atoms with Crippen molar-refractivity contribution in [2.75, 3.05) is 5.32 Å². The minimum Gasteiger partial charge on any atom is -0.361 e. The average molecular weight is 425 g/mol. The van der Waals surface area contributed by atoms with Gasteiger partial charge in [0.2, 0.25) is 0 Å². The first-order valence-corrected chi connectivity index (χ1v) is 11.3. The average Bonchev–Trinajstić information content (AvgIpc) is 3.06. The fourth-order valence-corrected chi connectivity index (χ4v) is 4.79. The van der Waals surface area contributed by atoms with E-state index in [1.54, 1.807) is 24.6 Å². The number of thiazole rings is 1. The zero-order valence-corrected chi connectivity index (χ0v) is 18.4. The predicted molar refractivity (Wildman–Crippen MR) is 124 cm³/mol. The fourth-order valence-electron chi connectivity index (χ4n) is 3.48. The summed E-state index contributed by atoms with van der Waals surface area (Å²) in [5.41, 5.74) is 3.36. The van der Waals surface area contributed by atoms with Gasteiger partial charge in [0.05, 0.1) is 21.6 Å². The van der Waals surface area contributed by atoms with Crippen LogP contribution in [0.1, 0.15) is 49.5 Å². The summed E-state index contributed by atoms with van der Waals surface area (Å²) in [7, 11) is 0. The molecule has 3 aromatic rings. The van der Waals surface area contributed by atoms with Gasteiger partial charge in [-0.2, -0.15) is 0 Å². The minimum absolute atomic E-state index is 0.240. The molecule has 1 saturated carbocycles. The largest absolute Gasteiger partial charge is 0.361 e. The van der Waals surface area contributed by atoms with Crippen molar-refractivity contribution in [2.45, 2.75) is 52.0 Å². The summed E-state index contributed by atoms with van der Waals surface area (Å²) in [5.74, 6) is 1.26. The third kappa shape index (κ3) is 4.18. The van der Waals surface area contributed by atoms with Crippen molar-refractivity contribution < 1.29 is 0 Å². The number of hydrogen-bond donors (Lipinski definition) is 3. The zero-order chi connectivity index (χ0) is 20.5. The van der Waals surface area contributed by atoms with Gasteiger partial charge in [0.25, 0.3) is 0 Å².